The summed E-state index contributed by atoms with van der Waals surface area (Å²) >= 11 is 0. The van der Waals surface area contributed by atoms with Gasteiger partial charge in [-0.15, -0.1) is 0 Å². The highest BCUT2D eigenvalue weighted by atomic mass is 16.6. The number of aliphatic hydroxyl groups excluding tert-OH is 1. The third kappa shape index (κ3) is 11.0. The molecule has 1 amide bonds. The van der Waals surface area contributed by atoms with Crippen LogP contribution in [0.2, 0.25) is 0 Å². The molecular weight excluding hydrogens is 608 g/mol. The SMILES string of the molecule is CCC(N=O)C(C)C1OC1CC(C)(O)/C=C/C=C(\C)C1OC(=O)CC(O)CCC(C)(N=O)C(OC(=O)N2CCN(C)CC2)/C=C/C1C. The largest absolute Gasteiger partial charge is 0.457 e. The Morgan fingerprint density at radius 2 is 1.94 bits per heavy atom. The maximum Gasteiger partial charge on any atom is 0.410 e. The minimum atomic E-state index is -1.37. The molecule has 2 fully saturated rings. The van der Waals surface area contributed by atoms with Crippen LogP contribution in [0.3, 0.4) is 0 Å². The number of cyclic esters (lactones) is 1. The van der Waals surface area contributed by atoms with Crippen LogP contribution in [0, 0.1) is 21.6 Å². The van der Waals surface area contributed by atoms with Crippen molar-refractivity contribution in [3.63, 3.8) is 0 Å². The van der Waals surface area contributed by atoms with E-state index in [2.05, 4.69) is 15.3 Å². The lowest BCUT2D eigenvalue weighted by molar-refractivity contribution is -0.151. The Bertz CT molecular complexity index is 1180. The number of epoxide rings is 1. The highest BCUT2D eigenvalue weighted by molar-refractivity contribution is 5.70. The number of hydrogen-bond acceptors (Lipinski definition) is 12. The molecule has 0 saturated carbocycles. The summed E-state index contributed by atoms with van der Waals surface area (Å²) in [6.45, 7) is 13.2. The molecule has 0 radical (unpaired) electrons. The van der Waals surface area contributed by atoms with Gasteiger partial charge in [-0.1, -0.05) is 55.4 Å². The molecule has 3 rings (SSSR count). The van der Waals surface area contributed by atoms with Crippen molar-refractivity contribution in [2.24, 2.45) is 22.2 Å². The smallest absolute Gasteiger partial charge is 0.410 e. The Hall–Kier alpha value is -3.00. The molecule has 47 heavy (non-hydrogen) atoms. The first-order valence-corrected chi connectivity index (χ1v) is 16.7. The summed E-state index contributed by atoms with van der Waals surface area (Å²) in [6.07, 6.45) is 5.65. The number of esters is 1. The highest BCUT2D eigenvalue weighted by Gasteiger charge is 2.48. The van der Waals surface area contributed by atoms with Gasteiger partial charge in [-0.05, 0) is 58.7 Å². The number of likely N-dealkylation sites (N-methyl/N-ethyl adjacent to an activating group) is 1. The molecule has 3 heterocycles. The number of ether oxygens (including phenoxy) is 3. The van der Waals surface area contributed by atoms with Gasteiger partial charge in [0.25, 0.3) is 0 Å². The van der Waals surface area contributed by atoms with Gasteiger partial charge in [-0.2, -0.15) is 9.81 Å². The Balaban J connectivity index is 1.77. The molecule has 3 aliphatic heterocycles. The van der Waals surface area contributed by atoms with Crippen molar-refractivity contribution in [3.05, 3.63) is 45.8 Å². The summed E-state index contributed by atoms with van der Waals surface area (Å²) in [5.41, 5.74) is -1.90. The normalized spacial score (nSPS) is 34.6. The first-order valence-electron chi connectivity index (χ1n) is 16.7. The Morgan fingerprint density at radius 3 is 2.55 bits per heavy atom. The topological polar surface area (TPSA) is 171 Å². The van der Waals surface area contributed by atoms with Crippen LogP contribution >= 0.6 is 0 Å². The van der Waals surface area contributed by atoms with Gasteiger partial charge >= 0.3 is 12.1 Å². The summed E-state index contributed by atoms with van der Waals surface area (Å²) in [7, 11) is 1.98. The summed E-state index contributed by atoms with van der Waals surface area (Å²) in [4.78, 5) is 53.0. The minimum absolute atomic E-state index is 0.0386. The molecule has 10 unspecified atom stereocenters. The number of piperazine rings is 1. The molecule has 0 spiro atoms. The molecule has 0 aromatic heterocycles. The fraction of sp³-hybridized carbons (Fsp3) is 0.765. The van der Waals surface area contributed by atoms with Crippen molar-refractivity contribution in [2.45, 2.75) is 121 Å². The number of nitroso groups, excluding NO2 is 2. The van der Waals surface area contributed by atoms with Gasteiger partial charge in [0.15, 0.2) is 6.10 Å². The fourth-order valence-corrected chi connectivity index (χ4v) is 6.24. The fourth-order valence-electron chi connectivity index (χ4n) is 6.24. The number of carbonyl (C=O) groups excluding carboxylic acids is 2. The second-order valence-corrected chi connectivity index (χ2v) is 14.0. The summed E-state index contributed by atoms with van der Waals surface area (Å²) in [5.74, 6) is -1.04. The van der Waals surface area contributed by atoms with E-state index in [-0.39, 0.29) is 43.4 Å². The second-order valence-electron chi connectivity index (χ2n) is 14.0. The summed E-state index contributed by atoms with van der Waals surface area (Å²) in [5, 5.41) is 28.2. The molecule has 3 aliphatic rings. The number of nitrogens with zero attached hydrogens (tertiary/aromatic N) is 4. The van der Waals surface area contributed by atoms with Gasteiger partial charge in [-0.25, -0.2) is 4.79 Å². The predicted octanol–water partition coefficient (Wildman–Crippen LogP) is 4.51. The van der Waals surface area contributed by atoms with Gasteiger partial charge in [0.1, 0.15) is 11.6 Å². The van der Waals surface area contributed by atoms with Gasteiger partial charge in [-0.3, -0.25) is 4.79 Å². The van der Waals surface area contributed by atoms with Crippen molar-refractivity contribution in [1.29, 1.82) is 0 Å². The molecule has 0 bridgehead atoms. The van der Waals surface area contributed by atoms with Crippen LogP contribution in [0.1, 0.15) is 73.6 Å². The zero-order chi connectivity index (χ0) is 34.9. The van der Waals surface area contributed by atoms with Crippen molar-refractivity contribution in [2.75, 3.05) is 33.2 Å². The average Bonchev–Trinajstić information content (AvgIpc) is 3.78. The standard InChI is InChI=1S/C34H54N4O9/c1-8-26(35-43)24(4)31-27(45-31)21-33(5,42)14-9-10-22(2)30-23(3)11-12-28(46-32(41)38-18-16-37(7)17-19-38)34(6,36-44)15-13-25(39)20-29(40)47-30/h9-12,14,23-28,30-31,39,42H,8,13,15-21H2,1-7H3/b12-11+,14-9+,22-10+. The quantitative estimate of drug-likeness (QED) is 0.106. The Labute approximate surface area is 278 Å². The van der Waals surface area contributed by atoms with E-state index in [4.69, 9.17) is 14.2 Å². The van der Waals surface area contributed by atoms with Crippen molar-refractivity contribution < 1.29 is 34.0 Å². The number of aliphatic hydroxyl groups is 2. The first-order chi connectivity index (χ1) is 22.1. The number of hydrogen-bond donors (Lipinski definition) is 2. The van der Waals surface area contributed by atoms with Crippen LogP contribution in [0.5, 0.6) is 0 Å². The van der Waals surface area contributed by atoms with Crippen LogP contribution in [-0.2, 0) is 19.0 Å². The lowest BCUT2D eigenvalue weighted by atomic mass is 9.86. The zero-order valence-corrected chi connectivity index (χ0v) is 28.9. The van der Waals surface area contributed by atoms with E-state index in [1.807, 2.05) is 27.8 Å². The van der Waals surface area contributed by atoms with Gasteiger partial charge in [0.2, 0.25) is 0 Å². The molecule has 0 aromatic carbocycles. The van der Waals surface area contributed by atoms with E-state index < -0.39 is 47.4 Å². The molecule has 0 aromatic rings. The predicted molar refractivity (Wildman–Crippen MR) is 177 cm³/mol. The molecule has 2 N–H and O–H groups in total. The highest BCUT2D eigenvalue weighted by Crippen LogP contribution is 2.38. The molecule has 0 aliphatic carbocycles. The second kappa shape index (κ2) is 16.9. The van der Waals surface area contributed by atoms with E-state index in [9.17, 15) is 29.6 Å². The number of amides is 1. The van der Waals surface area contributed by atoms with Crippen LogP contribution in [-0.4, -0.2) is 113 Å². The lowest BCUT2D eigenvalue weighted by Gasteiger charge is -2.35. The third-order valence-electron chi connectivity index (χ3n) is 9.70. The number of rotatable bonds is 11. The molecule has 264 valence electrons. The van der Waals surface area contributed by atoms with Crippen LogP contribution in [0.25, 0.3) is 0 Å². The monoisotopic (exact) mass is 662 g/mol. The average molecular weight is 663 g/mol. The van der Waals surface area contributed by atoms with E-state index in [1.165, 1.54) is 0 Å². The van der Waals surface area contributed by atoms with E-state index >= 15 is 0 Å². The zero-order valence-electron chi connectivity index (χ0n) is 28.9. The van der Waals surface area contributed by atoms with Crippen LogP contribution in [0.4, 0.5) is 4.79 Å². The van der Waals surface area contributed by atoms with Crippen LogP contribution < -0.4 is 0 Å². The molecular formula is C34H54N4O9. The van der Waals surface area contributed by atoms with Crippen molar-refractivity contribution in [3.8, 4) is 0 Å². The first kappa shape index (κ1) is 38.4. The maximum absolute atomic E-state index is 13.1. The van der Waals surface area contributed by atoms with Gasteiger partial charge in [0, 0.05) is 44.4 Å². The van der Waals surface area contributed by atoms with Gasteiger partial charge in [0.05, 0.1) is 36.4 Å². The third-order valence-corrected chi connectivity index (χ3v) is 9.70. The molecule has 2 saturated heterocycles. The molecule has 10 atom stereocenters. The Kier molecular flexibility index (Phi) is 13.8. The summed E-state index contributed by atoms with van der Waals surface area (Å²) in [6, 6.07) is -0.329. The number of carbonyl (C=O) groups is 2. The van der Waals surface area contributed by atoms with Gasteiger partial charge < -0.3 is 34.2 Å². The summed E-state index contributed by atoms with van der Waals surface area (Å²) < 4.78 is 17.5. The van der Waals surface area contributed by atoms with E-state index in [1.54, 1.807) is 56.1 Å². The van der Waals surface area contributed by atoms with Crippen molar-refractivity contribution in [1.82, 2.24) is 9.80 Å². The minimum Gasteiger partial charge on any atom is -0.457 e. The number of allylic oxidation sites excluding steroid dienone is 2. The maximum atomic E-state index is 13.1. The van der Waals surface area contributed by atoms with E-state index in [0.717, 1.165) is 0 Å². The molecule has 13 nitrogen and oxygen atoms in total. The lowest BCUT2D eigenvalue weighted by Crippen LogP contribution is -2.50. The Morgan fingerprint density at radius 1 is 1.26 bits per heavy atom. The van der Waals surface area contributed by atoms with Crippen molar-refractivity contribution >= 4 is 12.1 Å². The van der Waals surface area contributed by atoms with E-state index in [0.29, 0.717) is 44.6 Å². The van der Waals surface area contributed by atoms with Crippen LogP contribution in [0.15, 0.2) is 46.3 Å². The molecule has 13 heteroatoms.